The zero-order valence-electron chi connectivity index (χ0n) is 12.4. The number of hydrogen-bond donors (Lipinski definition) is 1. The van der Waals surface area contributed by atoms with Crippen LogP contribution in [0.15, 0.2) is 48.5 Å². The van der Waals surface area contributed by atoms with Crippen LogP contribution >= 0.6 is 0 Å². The van der Waals surface area contributed by atoms with E-state index in [1.54, 1.807) is 6.07 Å². The highest BCUT2D eigenvalue weighted by Crippen LogP contribution is 2.26. The Morgan fingerprint density at radius 3 is 2.91 bits per heavy atom. The van der Waals surface area contributed by atoms with Crippen molar-refractivity contribution in [1.29, 1.82) is 0 Å². The monoisotopic (exact) mass is 312 g/mol. The number of carbonyl (C=O) groups is 1. The minimum atomic E-state index is -0.517. The average Bonchev–Trinajstić information content (AvgIpc) is 2.59. The Labute approximate surface area is 133 Å². The van der Waals surface area contributed by atoms with Crippen molar-refractivity contribution in [2.75, 3.05) is 13.2 Å². The van der Waals surface area contributed by atoms with Crippen LogP contribution in [0.4, 0.5) is 5.69 Å². The number of carbonyl (C=O) groups excluding carboxylic acids is 1. The molecule has 0 aromatic heterocycles. The number of nitro groups is 1. The van der Waals surface area contributed by atoms with Gasteiger partial charge in [-0.3, -0.25) is 14.9 Å². The van der Waals surface area contributed by atoms with Crippen LogP contribution in [0.25, 0.3) is 0 Å². The summed E-state index contributed by atoms with van der Waals surface area (Å²) in [5, 5.41) is 13.6. The smallest absolute Gasteiger partial charge is 0.270 e. The number of nitrogens with one attached hydrogen (secondary N) is 1. The Morgan fingerprint density at radius 2 is 2.09 bits per heavy atom. The van der Waals surface area contributed by atoms with E-state index in [1.807, 2.05) is 18.2 Å². The van der Waals surface area contributed by atoms with E-state index in [-0.39, 0.29) is 23.3 Å². The van der Waals surface area contributed by atoms with Crippen LogP contribution in [0.1, 0.15) is 27.6 Å². The van der Waals surface area contributed by atoms with E-state index in [2.05, 4.69) is 11.4 Å². The van der Waals surface area contributed by atoms with E-state index in [4.69, 9.17) is 4.74 Å². The normalized spacial score (nSPS) is 16.4. The molecule has 1 aliphatic heterocycles. The van der Waals surface area contributed by atoms with Crippen LogP contribution in [-0.4, -0.2) is 24.0 Å². The molecule has 0 spiro atoms. The van der Waals surface area contributed by atoms with Crippen LogP contribution < -0.4 is 5.32 Å². The van der Waals surface area contributed by atoms with Gasteiger partial charge < -0.3 is 10.1 Å². The van der Waals surface area contributed by atoms with Gasteiger partial charge in [0.25, 0.3) is 11.6 Å². The number of non-ortho nitro benzene ring substituents is 1. The largest absolute Gasteiger partial charge is 0.371 e. The molecule has 0 fully saturated rings. The van der Waals surface area contributed by atoms with Crippen molar-refractivity contribution in [2.45, 2.75) is 12.5 Å². The number of ether oxygens (including phenoxy) is 1. The van der Waals surface area contributed by atoms with Crippen molar-refractivity contribution in [2.24, 2.45) is 0 Å². The van der Waals surface area contributed by atoms with Crippen LogP contribution in [0.2, 0.25) is 0 Å². The molecular formula is C17H16N2O4. The Hall–Kier alpha value is -2.73. The number of benzene rings is 2. The van der Waals surface area contributed by atoms with Gasteiger partial charge >= 0.3 is 0 Å². The summed E-state index contributed by atoms with van der Waals surface area (Å²) in [5.74, 6) is -0.347. The third kappa shape index (κ3) is 3.37. The molecule has 2 aromatic carbocycles. The highest BCUT2D eigenvalue weighted by Gasteiger charge is 2.21. The topological polar surface area (TPSA) is 81.5 Å². The van der Waals surface area contributed by atoms with Crippen LogP contribution in [0, 0.1) is 10.1 Å². The molecule has 0 saturated carbocycles. The minimum Gasteiger partial charge on any atom is -0.371 e. The van der Waals surface area contributed by atoms with Crippen LogP contribution in [0.3, 0.4) is 0 Å². The molecule has 1 N–H and O–H groups in total. The Morgan fingerprint density at radius 1 is 1.26 bits per heavy atom. The highest BCUT2D eigenvalue weighted by molar-refractivity contribution is 5.94. The van der Waals surface area contributed by atoms with Gasteiger partial charge in [0, 0.05) is 24.2 Å². The third-order valence-corrected chi connectivity index (χ3v) is 3.86. The molecule has 2 aromatic rings. The van der Waals surface area contributed by atoms with E-state index in [0.717, 1.165) is 12.0 Å². The van der Waals surface area contributed by atoms with E-state index in [1.165, 1.54) is 23.8 Å². The number of amides is 1. The van der Waals surface area contributed by atoms with Gasteiger partial charge in [0.2, 0.25) is 0 Å². The molecule has 6 nitrogen and oxygen atoms in total. The molecule has 1 aliphatic rings. The molecule has 1 amide bonds. The second kappa shape index (κ2) is 6.58. The van der Waals surface area contributed by atoms with Gasteiger partial charge in [-0.15, -0.1) is 0 Å². The van der Waals surface area contributed by atoms with Crippen molar-refractivity contribution in [3.63, 3.8) is 0 Å². The highest BCUT2D eigenvalue weighted by atomic mass is 16.6. The first kappa shape index (κ1) is 15.2. The van der Waals surface area contributed by atoms with Gasteiger partial charge in [-0.2, -0.15) is 0 Å². The molecule has 1 unspecified atom stereocenters. The predicted octanol–water partition coefficient (Wildman–Crippen LogP) is 2.64. The lowest BCUT2D eigenvalue weighted by Gasteiger charge is -2.26. The molecule has 0 bridgehead atoms. The fourth-order valence-electron chi connectivity index (χ4n) is 2.69. The molecular weight excluding hydrogens is 296 g/mol. The molecule has 23 heavy (non-hydrogen) atoms. The van der Waals surface area contributed by atoms with Crippen LogP contribution in [-0.2, 0) is 11.2 Å². The number of rotatable bonds is 4. The molecule has 6 heteroatoms. The summed E-state index contributed by atoms with van der Waals surface area (Å²) < 4.78 is 5.73. The fourth-order valence-corrected chi connectivity index (χ4v) is 2.69. The standard InChI is InChI=1S/C17H16N2O4/c20-17(13-5-3-6-14(10-13)19(21)22)18-11-16-15-7-2-1-4-12(15)8-9-23-16/h1-7,10,16H,8-9,11H2,(H,18,20). The molecule has 1 atom stereocenters. The molecule has 1 heterocycles. The summed E-state index contributed by atoms with van der Waals surface area (Å²) in [5.41, 5.74) is 2.48. The number of nitro benzene ring substituents is 1. The Kier molecular flexibility index (Phi) is 4.34. The van der Waals surface area contributed by atoms with Gasteiger partial charge in [-0.25, -0.2) is 0 Å². The van der Waals surface area contributed by atoms with Crippen molar-refractivity contribution >= 4 is 11.6 Å². The summed E-state index contributed by atoms with van der Waals surface area (Å²) in [6, 6.07) is 13.7. The number of fused-ring (bicyclic) bond motifs is 1. The average molecular weight is 312 g/mol. The molecule has 118 valence electrons. The summed E-state index contributed by atoms with van der Waals surface area (Å²) in [4.78, 5) is 22.4. The Bertz CT molecular complexity index is 745. The van der Waals surface area contributed by atoms with E-state index >= 15 is 0 Å². The third-order valence-electron chi connectivity index (χ3n) is 3.86. The van der Waals surface area contributed by atoms with Gasteiger partial charge in [0.1, 0.15) is 6.10 Å². The molecule has 0 aliphatic carbocycles. The van der Waals surface area contributed by atoms with Gasteiger partial charge in [0.15, 0.2) is 0 Å². The zero-order chi connectivity index (χ0) is 16.2. The summed E-state index contributed by atoms with van der Waals surface area (Å²) >= 11 is 0. The van der Waals surface area contributed by atoms with Crippen molar-refractivity contribution in [1.82, 2.24) is 5.32 Å². The molecule has 0 saturated heterocycles. The van der Waals surface area contributed by atoms with Crippen molar-refractivity contribution in [3.8, 4) is 0 Å². The number of hydrogen-bond acceptors (Lipinski definition) is 4. The maximum absolute atomic E-state index is 12.2. The summed E-state index contributed by atoms with van der Waals surface area (Å²) in [7, 11) is 0. The SMILES string of the molecule is O=C(NCC1OCCc2ccccc21)c1cccc([N+](=O)[O-])c1. The fraction of sp³-hybridized carbons (Fsp3) is 0.235. The first-order valence-corrected chi connectivity index (χ1v) is 7.37. The summed E-state index contributed by atoms with van der Waals surface area (Å²) in [6.45, 7) is 0.951. The first-order chi connectivity index (χ1) is 11.1. The lowest BCUT2D eigenvalue weighted by molar-refractivity contribution is -0.384. The van der Waals surface area contributed by atoms with Gasteiger partial charge in [0.05, 0.1) is 11.5 Å². The van der Waals surface area contributed by atoms with E-state index < -0.39 is 4.92 Å². The molecule has 0 radical (unpaired) electrons. The quantitative estimate of drug-likeness (QED) is 0.695. The van der Waals surface area contributed by atoms with E-state index in [9.17, 15) is 14.9 Å². The zero-order valence-corrected chi connectivity index (χ0v) is 12.4. The number of nitrogens with zero attached hydrogens (tertiary/aromatic N) is 1. The van der Waals surface area contributed by atoms with E-state index in [0.29, 0.717) is 13.2 Å². The van der Waals surface area contributed by atoms with Crippen LogP contribution in [0.5, 0.6) is 0 Å². The molecule has 3 rings (SSSR count). The minimum absolute atomic E-state index is 0.100. The summed E-state index contributed by atoms with van der Waals surface area (Å²) in [6.07, 6.45) is 0.675. The van der Waals surface area contributed by atoms with Gasteiger partial charge in [-0.1, -0.05) is 30.3 Å². The van der Waals surface area contributed by atoms with Gasteiger partial charge in [-0.05, 0) is 23.6 Å². The second-order valence-electron chi connectivity index (χ2n) is 5.33. The lowest BCUT2D eigenvalue weighted by atomic mass is 9.97. The lowest BCUT2D eigenvalue weighted by Crippen LogP contribution is -2.31. The first-order valence-electron chi connectivity index (χ1n) is 7.37. The van der Waals surface area contributed by atoms with Crippen molar-refractivity contribution < 1.29 is 14.5 Å². The van der Waals surface area contributed by atoms with Crippen molar-refractivity contribution in [3.05, 3.63) is 75.3 Å². The maximum atomic E-state index is 12.2. The maximum Gasteiger partial charge on any atom is 0.270 e. The predicted molar refractivity (Wildman–Crippen MR) is 84.3 cm³/mol. The second-order valence-corrected chi connectivity index (χ2v) is 5.33. The Balaban J connectivity index is 1.68.